The van der Waals surface area contributed by atoms with Gasteiger partial charge in [0.15, 0.2) is 0 Å². The summed E-state index contributed by atoms with van der Waals surface area (Å²) in [6.45, 7) is 0. The van der Waals surface area contributed by atoms with Crippen LogP contribution in [0.25, 0.3) is 0 Å². The lowest BCUT2D eigenvalue weighted by Crippen LogP contribution is -2.35. The lowest BCUT2D eigenvalue weighted by molar-refractivity contribution is -0.125. The average Bonchev–Trinajstić information content (AvgIpc) is 2.51. The van der Waals surface area contributed by atoms with Gasteiger partial charge in [0.1, 0.15) is 5.82 Å². The highest BCUT2D eigenvalue weighted by Gasteiger charge is 2.26. The molecule has 1 N–H and O–H groups in total. The Morgan fingerprint density at radius 2 is 1.78 bits per heavy atom. The van der Waals surface area contributed by atoms with E-state index < -0.39 is 5.97 Å². The van der Waals surface area contributed by atoms with Gasteiger partial charge in [0.05, 0.1) is 5.56 Å². The number of carbonyl (C=O) groups excluding carboxylic acids is 2. The average molecular weight is 248 g/mol. The molecule has 0 aliphatic carbocycles. The van der Waals surface area contributed by atoms with Crippen LogP contribution in [0.3, 0.4) is 0 Å². The molecule has 0 aromatic carbocycles. The van der Waals surface area contributed by atoms with Gasteiger partial charge in [-0.3, -0.25) is 9.59 Å². The third-order valence-electron chi connectivity index (χ3n) is 2.75. The second kappa shape index (κ2) is 4.95. The predicted molar refractivity (Wildman–Crippen MR) is 62.2 cm³/mol. The van der Waals surface area contributed by atoms with Crippen molar-refractivity contribution in [2.24, 2.45) is 0 Å². The minimum absolute atomic E-state index is 0.0217. The van der Waals surface area contributed by atoms with Crippen molar-refractivity contribution < 1.29 is 19.5 Å². The second-order valence-electron chi connectivity index (χ2n) is 4.04. The number of carboxylic acid groups (broad SMARTS) is 1. The van der Waals surface area contributed by atoms with Crippen LogP contribution >= 0.6 is 0 Å². The SMILES string of the molecule is O=C(O)c1ccc(N2C(=O)CCCCC2=O)nc1. The summed E-state index contributed by atoms with van der Waals surface area (Å²) in [4.78, 5) is 39.2. The minimum Gasteiger partial charge on any atom is -0.478 e. The molecule has 0 saturated carbocycles. The molecule has 0 bridgehead atoms. The van der Waals surface area contributed by atoms with E-state index in [2.05, 4.69) is 4.98 Å². The van der Waals surface area contributed by atoms with Crippen LogP contribution in [0.4, 0.5) is 5.82 Å². The van der Waals surface area contributed by atoms with Gasteiger partial charge in [-0.1, -0.05) is 0 Å². The van der Waals surface area contributed by atoms with Gasteiger partial charge in [0.25, 0.3) is 0 Å². The van der Waals surface area contributed by atoms with Crippen molar-refractivity contribution in [2.75, 3.05) is 4.90 Å². The smallest absolute Gasteiger partial charge is 0.337 e. The predicted octanol–water partition coefficient (Wildman–Crippen LogP) is 1.21. The molecule has 0 unspecified atom stereocenters. The Bertz CT molecular complexity index is 477. The van der Waals surface area contributed by atoms with Crippen LogP contribution in [0.15, 0.2) is 18.3 Å². The molecule has 1 fully saturated rings. The molecule has 1 aliphatic heterocycles. The van der Waals surface area contributed by atoms with E-state index in [1.807, 2.05) is 0 Å². The first-order valence-electron chi connectivity index (χ1n) is 5.65. The zero-order valence-corrected chi connectivity index (χ0v) is 9.63. The minimum atomic E-state index is -1.09. The van der Waals surface area contributed by atoms with Gasteiger partial charge in [0, 0.05) is 19.0 Å². The van der Waals surface area contributed by atoms with Crippen molar-refractivity contribution >= 4 is 23.6 Å². The van der Waals surface area contributed by atoms with Gasteiger partial charge in [-0.25, -0.2) is 14.7 Å². The standard InChI is InChI=1S/C12H12N2O4/c15-10-3-1-2-4-11(16)14(10)9-6-5-8(7-13-9)12(17)18/h5-7H,1-4H2,(H,17,18). The van der Waals surface area contributed by atoms with E-state index in [1.165, 1.54) is 12.1 Å². The molecule has 18 heavy (non-hydrogen) atoms. The third-order valence-corrected chi connectivity index (χ3v) is 2.75. The molecule has 1 saturated heterocycles. The van der Waals surface area contributed by atoms with Crippen molar-refractivity contribution in [3.8, 4) is 0 Å². The maximum Gasteiger partial charge on any atom is 0.337 e. The molecule has 0 radical (unpaired) electrons. The maximum atomic E-state index is 11.8. The van der Waals surface area contributed by atoms with Gasteiger partial charge in [-0.15, -0.1) is 0 Å². The quantitative estimate of drug-likeness (QED) is 0.795. The number of nitrogens with zero attached hydrogens (tertiary/aromatic N) is 2. The van der Waals surface area contributed by atoms with Crippen molar-refractivity contribution in [3.05, 3.63) is 23.9 Å². The van der Waals surface area contributed by atoms with Gasteiger partial charge in [-0.05, 0) is 25.0 Å². The van der Waals surface area contributed by atoms with Crippen molar-refractivity contribution in [2.45, 2.75) is 25.7 Å². The Labute approximate surface area is 103 Å². The van der Waals surface area contributed by atoms with E-state index in [0.717, 1.165) is 11.1 Å². The fourth-order valence-corrected chi connectivity index (χ4v) is 1.82. The van der Waals surface area contributed by atoms with Crippen LogP contribution in [0.5, 0.6) is 0 Å². The number of anilines is 1. The van der Waals surface area contributed by atoms with E-state index in [-0.39, 0.29) is 23.2 Å². The Hall–Kier alpha value is -2.24. The first-order valence-corrected chi connectivity index (χ1v) is 5.65. The van der Waals surface area contributed by atoms with Crippen LogP contribution < -0.4 is 4.90 Å². The summed E-state index contributed by atoms with van der Waals surface area (Å²) >= 11 is 0. The van der Waals surface area contributed by atoms with E-state index in [0.29, 0.717) is 25.7 Å². The van der Waals surface area contributed by atoms with E-state index in [9.17, 15) is 14.4 Å². The van der Waals surface area contributed by atoms with E-state index in [4.69, 9.17) is 5.11 Å². The highest BCUT2D eigenvalue weighted by atomic mass is 16.4. The lowest BCUT2D eigenvalue weighted by atomic mass is 10.2. The molecule has 1 aliphatic rings. The summed E-state index contributed by atoms with van der Waals surface area (Å²) < 4.78 is 0. The number of carbonyl (C=O) groups is 3. The zero-order chi connectivity index (χ0) is 13.1. The molecule has 0 atom stereocenters. The number of rotatable bonds is 2. The molecule has 2 amide bonds. The second-order valence-corrected chi connectivity index (χ2v) is 4.04. The number of hydrogen-bond donors (Lipinski definition) is 1. The number of imide groups is 1. The van der Waals surface area contributed by atoms with Gasteiger partial charge in [-0.2, -0.15) is 0 Å². The summed E-state index contributed by atoms with van der Waals surface area (Å²) in [5.41, 5.74) is 0.0217. The molecular weight excluding hydrogens is 236 g/mol. The highest BCUT2D eigenvalue weighted by molar-refractivity contribution is 6.14. The molecule has 2 heterocycles. The number of aromatic carboxylic acids is 1. The van der Waals surface area contributed by atoms with Crippen LogP contribution in [-0.2, 0) is 9.59 Å². The van der Waals surface area contributed by atoms with Crippen molar-refractivity contribution in [3.63, 3.8) is 0 Å². The van der Waals surface area contributed by atoms with E-state index >= 15 is 0 Å². The van der Waals surface area contributed by atoms with Crippen LogP contribution in [-0.4, -0.2) is 27.9 Å². The fourth-order valence-electron chi connectivity index (χ4n) is 1.82. The normalized spacial score (nSPS) is 16.6. The Morgan fingerprint density at radius 3 is 2.22 bits per heavy atom. The molecule has 6 heteroatoms. The summed E-state index contributed by atoms with van der Waals surface area (Å²) in [7, 11) is 0. The number of amides is 2. The largest absolute Gasteiger partial charge is 0.478 e. The molecule has 94 valence electrons. The summed E-state index contributed by atoms with van der Waals surface area (Å²) in [5.74, 6) is -1.47. The molecule has 1 aromatic heterocycles. The molecule has 0 spiro atoms. The maximum absolute atomic E-state index is 11.8. The molecule has 2 rings (SSSR count). The summed E-state index contributed by atoms with van der Waals surface area (Å²) in [6.07, 6.45) is 3.15. The van der Waals surface area contributed by atoms with Gasteiger partial charge < -0.3 is 5.11 Å². The van der Waals surface area contributed by atoms with Crippen LogP contribution in [0.2, 0.25) is 0 Å². The Morgan fingerprint density at radius 1 is 1.17 bits per heavy atom. The Balaban J connectivity index is 2.30. The van der Waals surface area contributed by atoms with Crippen molar-refractivity contribution in [1.29, 1.82) is 0 Å². The first kappa shape index (κ1) is 12.2. The number of aromatic nitrogens is 1. The number of carboxylic acids is 1. The van der Waals surface area contributed by atoms with Gasteiger partial charge >= 0.3 is 5.97 Å². The van der Waals surface area contributed by atoms with E-state index in [1.54, 1.807) is 0 Å². The molecule has 1 aromatic rings. The van der Waals surface area contributed by atoms with Crippen LogP contribution in [0, 0.1) is 0 Å². The van der Waals surface area contributed by atoms with Crippen LogP contribution in [0.1, 0.15) is 36.0 Å². The number of hydrogen-bond acceptors (Lipinski definition) is 4. The highest BCUT2D eigenvalue weighted by Crippen LogP contribution is 2.19. The Kier molecular flexibility index (Phi) is 3.36. The van der Waals surface area contributed by atoms with Crippen molar-refractivity contribution in [1.82, 2.24) is 4.98 Å². The third kappa shape index (κ3) is 2.37. The monoisotopic (exact) mass is 248 g/mol. The fraction of sp³-hybridized carbons (Fsp3) is 0.333. The first-order chi connectivity index (χ1) is 8.59. The van der Waals surface area contributed by atoms with Gasteiger partial charge in [0.2, 0.25) is 11.8 Å². The lowest BCUT2D eigenvalue weighted by Gasteiger charge is -2.17. The molecular formula is C12H12N2O4. The zero-order valence-electron chi connectivity index (χ0n) is 9.63. The number of pyridine rings is 1. The molecule has 6 nitrogen and oxygen atoms in total. The summed E-state index contributed by atoms with van der Waals surface area (Å²) in [6, 6.07) is 2.71. The summed E-state index contributed by atoms with van der Waals surface area (Å²) in [5, 5.41) is 8.75. The topological polar surface area (TPSA) is 87.6 Å².